The lowest BCUT2D eigenvalue weighted by Gasteiger charge is -2.12. The zero-order valence-electron chi connectivity index (χ0n) is 9.50. The van der Waals surface area contributed by atoms with E-state index in [-0.39, 0.29) is 5.82 Å². The Morgan fingerprint density at radius 1 is 1.29 bits per heavy atom. The van der Waals surface area contributed by atoms with Crippen LogP contribution in [-0.4, -0.2) is 5.11 Å². The number of aryl methyl sites for hydroxylation is 2. The molecule has 2 aromatic rings. The second kappa shape index (κ2) is 5.04. The van der Waals surface area contributed by atoms with E-state index in [1.165, 1.54) is 17.0 Å². The Morgan fingerprint density at radius 2 is 2.00 bits per heavy atom. The van der Waals surface area contributed by atoms with E-state index in [9.17, 15) is 9.50 Å². The number of hydrogen-bond donors (Lipinski definition) is 1. The van der Waals surface area contributed by atoms with Gasteiger partial charge in [-0.25, -0.2) is 4.39 Å². The summed E-state index contributed by atoms with van der Waals surface area (Å²) < 4.78 is 13.8. The Bertz CT molecular complexity index is 550. The summed E-state index contributed by atoms with van der Waals surface area (Å²) in [6.45, 7) is 4.00. The van der Waals surface area contributed by atoms with Gasteiger partial charge in [0, 0.05) is 13.3 Å². The predicted octanol–water partition coefficient (Wildman–Crippen LogP) is 4.19. The maximum atomic E-state index is 13.0. The molecular weight excluding hydrogens is 350 g/mol. The van der Waals surface area contributed by atoms with Gasteiger partial charge in [-0.3, -0.25) is 0 Å². The Labute approximate surface area is 117 Å². The normalized spacial score (nSPS) is 12.8. The molecule has 1 aromatic carbocycles. The zero-order valence-corrected chi connectivity index (χ0v) is 12.5. The third-order valence-corrected chi connectivity index (χ3v) is 4.72. The van der Waals surface area contributed by atoms with E-state index in [2.05, 4.69) is 28.7 Å². The molecule has 1 unspecified atom stereocenters. The van der Waals surface area contributed by atoms with Crippen molar-refractivity contribution >= 4 is 33.9 Å². The molecule has 1 aromatic heterocycles. The van der Waals surface area contributed by atoms with Gasteiger partial charge < -0.3 is 5.11 Å². The third kappa shape index (κ3) is 2.69. The molecule has 1 N–H and O–H groups in total. The lowest BCUT2D eigenvalue weighted by Crippen LogP contribution is -2.01. The molecule has 0 aliphatic carbocycles. The molecule has 0 aliphatic heterocycles. The van der Waals surface area contributed by atoms with Crippen LogP contribution in [0.2, 0.25) is 0 Å². The van der Waals surface area contributed by atoms with Crippen molar-refractivity contribution in [2.24, 2.45) is 0 Å². The van der Waals surface area contributed by atoms with Crippen molar-refractivity contribution in [2.45, 2.75) is 20.0 Å². The number of thiophene rings is 1. The molecule has 0 saturated heterocycles. The van der Waals surface area contributed by atoms with Gasteiger partial charge >= 0.3 is 0 Å². The van der Waals surface area contributed by atoms with Crippen LogP contribution in [0.5, 0.6) is 0 Å². The van der Waals surface area contributed by atoms with Crippen LogP contribution >= 0.6 is 33.9 Å². The van der Waals surface area contributed by atoms with E-state index >= 15 is 0 Å². The van der Waals surface area contributed by atoms with E-state index in [0.717, 1.165) is 19.6 Å². The van der Waals surface area contributed by atoms with Crippen molar-refractivity contribution in [3.63, 3.8) is 0 Å². The summed E-state index contributed by atoms with van der Waals surface area (Å²) in [5.41, 5.74) is 1.84. The van der Waals surface area contributed by atoms with Crippen molar-refractivity contribution in [3.8, 4) is 0 Å². The molecule has 0 radical (unpaired) electrons. The van der Waals surface area contributed by atoms with Crippen LogP contribution in [0.25, 0.3) is 0 Å². The van der Waals surface area contributed by atoms with Gasteiger partial charge in [0.2, 0.25) is 0 Å². The summed E-state index contributed by atoms with van der Waals surface area (Å²) in [7, 11) is 0. The second-order valence-electron chi connectivity index (χ2n) is 3.97. The maximum Gasteiger partial charge on any atom is 0.124 e. The first kappa shape index (κ1) is 13.0. The second-order valence-corrected chi connectivity index (χ2v) is 6.42. The minimum absolute atomic E-state index is 0.274. The van der Waals surface area contributed by atoms with Crippen molar-refractivity contribution in [1.82, 2.24) is 0 Å². The summed E-state index contributed by atoms with van der Waals surface area (Å²) >= 11 is 3.63. The Balaban J connectivity index is 2.43. The van der Waals surface area contributed by atoms with Crippen LogP contribution in [0.15, 0.2) is 24.3 Å². The first-order valence-electron chi connectivity index (χ1n) is 5.19. The molecule has 4 heteroatoms. The van der Waals surface area contributed by atoms with Crippen LogP contribution in [0.1, 0.15) is 27.0 Å². The average Bonchev–Trinajstić information content (AvgIpc) is 2.57. The fourth-order valence-electron chi connectivity index (χ4n) is 1.80. The van der Waals surface area contributed by atoms with E-state index in [0.29, 0.717) is 0 Å². The Morgan fingerprint density at radius 3 is 2.53 bits per heavy atom. The fraction of sp³-hybridized carbons (Fsp3) is 0.231. The van der Waals surface area contributed by atoms with Crippen LogP contribution in [0.4, 0.5) is 4.39 Å². The topological polar surface area (TPSA) is 20.2 Å². The molecule has 0 aliphatic rings. The SMILES string of the molecule is Cc1cc(C)c(C(O)c2ccc(F)cc2I)s1. The fourth-order valence-corrected chi connectivity index (χ4v) is 3.61. The number of benzene rings is 1. The van der Waals surface area contributed by atoms with Crippen LogP contribution in [0.3, 0.4) is 0 Å². The van der Waals surface area contributed by atoms with Gasteiger partial charge in [-0.05, 0) is 65.8 Å². The van der Waals surface area contributed by atoms with E-state index in [1.54, 1.807) is 17.4 Å². The molecule has 0 amide bonds. The molecule has 0 fully saturated rings. The number of rotatable bonds is 2. The van der Waals surface area contributed by atoms with Crippen LogP contribution in [-0.2, 0) is 0 Å². The first-order valence-corrected chi connectivity index (χ1v) is 7.08. The molecule has 2 rings (SSSR count). The molecule has 0 spiro atoms. The molecule has 1 atom stereocenters. The predicted molar refractivity (Wildman–Crippen MR) is 77.0 cm³/mol. The minimum Gasteiger partial charge on any atom is -0.383 e. The molecule has 0 saturated carbocycles. The van der Waals surface area contributed by atoms with Gasteiger partial charge in [0.15, 0.2) is 0 Å². The largest absolute Gasteiger partial charge is 0.383 e. The number of aliphatic hydroxyl groups excluding tert-OH is 1. The molecule has 17 heavy (non-hydrogen) atoms. The van der Waals surface area contributed by atoms with Gasteiger partial charge in [-0.2, -0.15) is 0 Å². The van der Waals surface area contributed by atoms with Crippen LogP contribution < -0.4 is 0 Å². The van der Waals surface area contributed by atoms with E-state index in [1.807, 2.05) is 13.8 Å². The standard InChI is InChI=1S/C13H12FIOS/c1-7-5-8(2)17-13(7)12(16)10-4-3-9(14)6-11(10)15/h3-6,12,16H,1-2H3. The molecule has 0 bridgehead atoms. The zero-order chi connectivity index (χ0) is 12.6. The highest BCUT2D eigenvalue weighted by atomic mass is 127. The molecule has 1 nitrogen and oxygen atoms in total. The van der Waals surface area contributed by atoms with Crippen molar-refractivity contribution in [3.05, 3.63) is 54.5 Å². The van der Waals surface area contributed by atoms with Crippen molar-refractivity contribution in [1.29, 1.82) is 0 Å². The summed E-state index contributed by atoms with van der Waals surface area (Å²) in [4.78, 5) is 2.11. The summed E-state index contributed by atoms with van der Waals surface area (Å²) in [6.07, 6.45) is -0.666. The van der Waals surface area contributed by atoms with Gasteiger partial charge in [0.1, 0.15) is 11.9 Å². The summed E-state index contributed by atoms with van der Waals surface area (Å²) in [5.74, 6) is -0.274. The first-order chi connectivity index (χ1) is 7.99. The van der Waals surface area contributed by atoms with Gasteiger partial charge in [0.25, 0.3) is 0 Å². The smallest absolute Gasteiger partial charge is 0.124 e. The molecule has 1 heterocycles. The van der Waals surface area contributed by atoms with Crippen LogP contribution in [0, 0.1) is 23.2 Å². The number of hydrogen-bond acceptors (Lipinski definition) is 2. The van der Waals surface area contributed by atoms with Gasteiger partial charge in [-0.15, -0.1) is 11.3 Å². The Kier molecular flexibility index (Phi) is 3.85. The monoisotopic (exact) mass is 362 g/mol. The third-order valence-electron chi connectivity index (χ3n) is 2.58. The van der Waals surface area contributed by atoms with E-state index in [4.69, 9.17) is 0 Å². The van der Waals surface area contributed by atoms with Crippen molar-refractivity contribution in [2.75, 3.05) is 0 Å². The summed E-state index contributed by atoms with van der Waals surface area (Å²) in [5, 5.41) is 10.3. The lowest BCUT2D eigenvalue weighted by molar-refractivity contribution is 0.222. The highest BCUT2D eigenvalue weighted by molar-refractivity contribution is 14.1. The van der Waals surface area contributed by atoms with Crippen molar-refractivity contribution < 1.29 is 9.50 Å². The van der Waals surface area contributed by atoms with Gasteiger partial charge in [0.05, 0.1) is 0 Å². The molecule has 90 valence electrons. The maximum absolute atomic E-state index is 13.0. The summed E-state index contributed by atoms with van der Waals surface area (Å²) in [6, 6.07) is 6.53. The van der Waals surface area contributed by atoms with Gasteiger partial charge in [-0.1, -0.05) is 6.07 Å². The average molecular weight is 362 g/mol. The molecular formula is C13H12FIOS. The lowest BCUT2D eigenvalue weighted by atomic mass is 10.1. The van der Waals surface area contributed by atoms with E-state index < -0.39 is 6.10 Å². The highest BCUT2D eigenvalue weighted by Gasteiger charge is 2.18. The quantitative estimate of drug-likeness (QED) is 0.795. The highest BCUT2D eigenvalue weighted by Crippen LogP contribution is 2.33. The number of aliphatic hydroxyl groups is 1. The minimum atomic E-state index is -0.666. The Hall–Kier alpha value is -0.460. The number of halogens is 2.